The van der Waals surface area contributed by atoms with E-state index in [-0.39, 0.29) is 23.4 Å². The number of hydrogen-bond donors (Lipinski definition) is 1. The summed E-state index contributed by atoms with van der Waals surface area (Å²) in [4.78, 5) is 21.8. The van der Waals surface area contributed by atoms with Crippen molar-refractivity contribution in [3.05, 3.63) is 69.0 Å². The third kappa shape index (κ3) is 4.26. The van der Waals surface area contributed by atoms with Crippen LogP contribution < -0.4 is 5.32 Å². The largest absolute Gasteiger partial charge is 0.465 e. The molecule has 2 rings (SSSR count). The molecule has 6 nitrogen and oxygen atoms in total. The van der Waals surface area contributed by atoms with Gasteiger partial charge in [-0.1, -0.05) is 6.07 Å². The first-order chi connectivity index (χ1) is 12.1. The summed E-state index contributed by atoms with van der Waals surface area (Å²) in [6, 6.07) is 5.62. The molecule has 0 radical (unpaired) electrons. The average Bonchev–Trinajstić information content (AvgIpc) is 2.58. The van der Waals surface area contributed by atoms with Gasteiger partial charge in [-0.3, -0.25) is 10.1 Å². The summed E-state index contributed by atoms with van der Waals surface area (Å²) in [5.74, 6) is -1.98. The molecule has 0 aliphatic carbocycles. The highest BCUT2D eigenvalue weighted by atomic mass is 19.4. The summed E-state index contributed by atoms with van der Waals surface area (Å²) in [6.45, 7) is -0.340. The number of anilines is 1. The molecule has 0 aliphatic rings. The van der Waals surface area contributed by atoms with Crippen LogP contribution in [0.2, 0.25) is 0 Å². The molecule has 26 heavy (non-hydrogen) atoms. The molecule has 0 spiro atoms. The van der Waals surface area contributed by atoms with Crippen LogP contribution in [0.25, 0.3) is 0 Å². The molecule has 2 aromatic rings. The zero-order valence-electron chi connectivity index (χ0n) is 13.3. The number of rotatable bonds is 5. The van der Waals surface area contributed by atoms with Crippen LogP contribution >= 0.6 is 0 Å². The van der Waals surface area contributed by atoms with E-state index in [1.54, 1.807) is 0 Å². The predicted molar refractivity (Wildman–Crippen MR) is 83.2 cm³/mol. The van der Waals surface area contributed by atoms with E-state index in [0.29, 0.717) is 6.07 Å². The van der Waals surface area contributed by atoms with Gasteiger partial charge < -0.3 is 10.1 Å². The molecule has 0 aliphatic heterocycles. The number of halogens is 4. The molecule has 10 heteroatoms. The third-order valence-corrected chi connectivity index (χ3v) is 3.46. The van der Waals surface area contributed by atoms with Crippen molar-refractivity contribution in [2.75, 3.05) is 12.4 Å². The lowest BCUT2D eigenvalue weighted by Gasteiger charge is -2.14. The van der Waals surface area contributed by atoms with Crippen molar-refractivity contribution in [3.63, 3.8) is 0 Å². The maximum absolute atomic E-state index is 13.1. The minimum absolute atomic E-state index is 0.161. The van der Waals surface area contributed by atoms with Gasteiger partial charge in [-0.25, -0.2) is 9.18 Å². The Balaban J connectivity index is 2.31. The zero-order chi connectivity index (χ0) is 19.5. The molecule has 0 atom stereocenters. The van der Waals surface area contributed by atoms with Crippen molar-refractivity contribution in [3.8, 4) is 0 Å². The minimum Gasteiger partial charge on any atom is -0.465 e. The van der Waals surface area contributed by atoms with E-state index in [0.717, 1.165) is 31.4 Å². The number of carbonyl (C=O) groups excluding carboxylic acids is 1. The van der Waals surface area contributed by atoms with Crippen LogP contribution in [-0.4, -0.2) is 18.0 Å². The highest BCUT2D eigenvalue weighted by Crippen LogP contribution is 2.33. The molecular formula is C16H12F4N2O4. The number of nitro groups is 1. The van der Waals surface area contributed by atoms with Gasteiger partial charge in [-0.05, 0) is 29.8 Å². The van der Waals surface area contributed by atoms with Crippen LogP contribution in [0.4, 0.5) is 28.9 Å². The summed E-state index contributed by atoms with van der Waals surface area (Å²) in [5.41, 5.74) is -2.05. The van der Waals surface area contributed by atoms with Gasteiger partial charge in [-0.15, -0.1) is 0 Å². The van der Waals surface area contributed by atoms with E-state index < -0.39 is 34.1 Å². The van der Waals surface area contributed by atoms with Crippen molar-refractivity contribution in [2.24, 2.45) is 0 Å². The van der Waals surface area contributed by atoms with E-state index in [4.69, 9.17) is 0 Å². The molecular weight excluding hydrogens is 360 g/mol. The normalized spacial score (nSPS) is 11.1. The summed E-state index contributed by atoms with van der Waals surface area (Å²) in [7, 11) is 1.04. The Kier molecular flexibility index (Phi) is 5.44. The summed E-state index contributed by atoms with van der Waals surface area (Å²) < 4.78 is 56.5. The fraction of sp³-hybridized carbons (Fsp3) is 0.188. The molecule has 2 aromatic carbocycles. The van der Waals surface area contributed by atoms with Crippen LogP contribution in [0.15, 0.2) is 36.4 Å². The number of nitrogens with zero attached hydrogens (tertiary/aromatic N) is 1. The third-order valence-electron chi connectivity index (χ3n) is 3.46. The second kappa shape index (κ2) is 7.38. The predicted octanol–water partition coefficient (Wildman–Crippen LogP) is 4.15. The lowest BCUT2D eigenvalue weighted by molar-refractivity contribution is -0.385. The molecule has 0 saturated heterocycles. The van der Waals surface area contributed by atoms with Crippen molar-refractivity contribution >= 4 is 17.3 Å². The number of nitrogens with one attached hydrogen (secondary N) is 1. The second-order valence-corrected chi connectivity index (χ2v) is 5.13. The Labute approximate surface area is 144 Å². The average molecular weight is 372 g/mol. The highest BCUT2D eigenvalue weighted by molar-refractivity contribution is 5.95. The maximum Gasteiger partial charge on any atom is 0.416 e. The Morgan fingerprint density at radius 1 is 1.23 bits per heavy atom. The number of ether oxygens (including phenoxy) is 1. The van der Waals surface area contributed by atoms with E-state index in [1.165, 1.54) is 6.07 Å². The van der Waals surface area contributed by atoms with E-state index in [1.807, 2.05) is 0 Å². The number of carbonyl (C=O) groups is 1. The number of alkyl halides is 3. The fourth-order valence-electron chi connectivity index (χ4n) is 2.24. The van der Waals surface area contributed by atoms with Gasteiger partial charge in [0.25, 0.3) is 5.69 Å². The van der Waals surface area contributed by atoms with Gasteiger partial charge in [0.1, 0.15) is 11.4 Å². The Bertz CT molecular complexity index is 853. The van der Waals surface area contributed by atoms with Crippen molar-refractivity contribution < 1.29 is 32.0 Å². The molecule has 0 amide bonds. The van der Waals surface area contributed by atoms with Crippen LogP contribution in [0.3, 0.4) is 0 Å². The molecule has 0 bridgehead atoms. The molecule has 138 valence electrons. The molecule has 0 unspecified atom stereocenters. The van der Waals surface area contributed by atoms with Crippen molar-refractivity contribution in [2.45, 2.75) is 12.7 Å². The second-order valence-electron chi connectivity index (χ2n) is 5.13. The van der Waals surface area contributed by atoms with Gasteiger partial charge in [-0.2, -0.15) is 13.2 Å². The zero-order valence-corrected chi connectivity index (χ0v) is 13.3. The van der Waals surface area contributed by atoms with Crippen LogP contribution in [0.1, 0.15) is 21.5 Å². The van der Waals surface area contributed by atoms with Gasteiger partial charge in [0.15, 0.2) is 0 Å². The lowest BCUT2D eigenvalue weighted by Crippen LogP contribution is -2.13. The fourth-order valence-corrected chi connectivity index (χ4v) is 2.24. The molecule has 0 aromatic heterocycles. The molecule has 1 N–H and O–H groups in total. The van der Waals surface area contributed by atoms with Crippen LogP contribution in [0.5, 0.6) is 0 Å². The standard InChI is InChI=1S/C16H12F4N2O4/c1-26-15(23)12-7-11(4-5-14(12)22(24)25)21-8-9-2-3-10(17)6-13(9)16(18,19)20/h2-7,21H,8H2,1H3. The first-order valence-electron chi connectivity index (χ1n) is 7.09. The lowest BCUT2D eigenvalue weighted by atomic mass is 10.1. The SMILES string of the molecule is COC(=O)c1cc(NCc2ccc(F)cc2C(F)(F)F)ccc1[N+](=O)[O-]. The monoisotopic (exact) mass is 372 g/mol. The number of benzene rings is 2. The van der Waals surface area contributed by atoms with Crippen molar-refractivity contribution in [1.29, 1.82) is 0 Å². The highest BCUT2D eigenvalue weighted by Gasteiger charge is 2.33. The van der Waals surface area contributed by atoms with E-state index in [2.05, 4.69) is 10.1 Å². The first kappa shape index (κ1) is 19.2. The van der Waals surface area contributed by atoms with Gasteiger partial charge in [0.2, 0.25) is 0 Å². The number of esters is 1. The quantitative estimate of drug-likeness (QED) is 0.369. The van der Waals surface area contributed by atoms with Crippen LogP contribution in [-0.2, 0) is 17.5 Å². The smallest absolute Gasteiger partial charge is 0.416 e. The van der Waals surface area contributed by atoms with Gasteiger partial charge >= 0.3 is 12.1 Å². The topological polar surface area (TPSA) is 81.5 Å². The number of methoxy groups -OCH3 is 1. The summed E-state index contributed by atoms with van der Waals surface area (Å²) >= 11 is 0. The maximum atomic E-state index is 13.1. The van der Waals surface area contributed by atoms with E-state index >= 15 is 0 Å². The molecule has 0 heterocycles. The molecule has 0 fully saturated rings. The van der Waals surface area contributed by atoms with E-state index in [9.17, 15) is 32.5 Å². The van der Waals surface area contributed by atoms with Crippen molar-refractivity contribution in [1.82, 2.24) is 0 Å². The number of hydrogen-bond acceptors (Lipinski definition) is 5. The van der Waals surface area contributed by atoms with Gasteiger partial charge in [0.05, 0.1) is 17.6 Å². The summed E-state index contributed by atoms with van der Waals surface area (Å²) in [6.07, 6.45) is -4.74. The molecule has 0 saturated carbocycles. The Morgan fingerprint density at radius 3 is 2.50 bits per heavy atom. The Hall–Kier alpha value is -3.17. The van der Waals surface area contributed by atoms with Crippen LogP contribution in [0, 0.1) is 15.9 Å². The van der Waals surface area contributed by atoms with Gasteiger partial charge in [0, 0.05) is 18.3 Å². The first-order valence-corrected chi connectivity index (χ1v) is 7.09. The number of nitro benzene ring substituents is 1. The Morgan fingerprint density at radius 2 is 1.92 bits per heavy atom. The minimum atomic E-state index is -4.74. The summed E-state index contributed by atoms with van der Waals surface area (Å²) in [5, 5.41) is 13.6.